The summed E-state index contributed by atoms with van der Waals surface area (Å²) in [4.78, 5) is 0. The van der Waals surface area contributed by atoms with Crippen LogP contribution in [0.25, 0.3) is 65.7 Å². The molecule has 0 atom stereocenters. The molecule has 0 amide bonds. The molecule has 0 saturated heterocycles. The maximum absolute atomic E-state index is 2.51. The molecule has 0 unspecified atom stereocenters. The second kappa shape index (κ2) is 5.88. The fourth-order valence-electron chi connectivity index (χ4n) is 7.07. The SMILES string of the molecule is CC(C)c1ccc2cc3c4c(ccc5ccc1c2c54)-c1cc2c(cc1-3)-c1ccccc1C2(C)C. The third kappa shape index (κ3) is 2.03. The first-order valence-corrected chi connectivity index (χ1v) is 12.5. The average Bonchev–Trinajstić information content (AvgIpc) is 3.27. The minimum absolute atomic E-state index is 0.0208. The van der Waals surface area contributed by atoms with E-state index in [1.54, 1.807) is 0 Å². The third-order valence-electron chi connectivity index (χ3n) is 8.72. The molecular formula is C34H26. The van der Waals surface area contributed by atoms with Crippen molar-refractivity contribution in [3.05, 3.63) is 95.6 Å². The molecule has 0 aromatic heterocycles. The van der Waals surface area contributed by atoms with Gasteiger partial charge >= 0.3 is 0 Å². The van der Waals surface area contributed by atoms with Crippen molar-refractivity contribution in [3.63, 3.8) is 0 Å². The van der Waals surface area contributed by atoms with Crippen molar-refractivity contribution in [1.29, 1.82) is 0 Å². The number of fused-ring (bicyclic) bond motifs is 6. The monoisotopic (exact) mass is 434 g/mol. The molecule has 0 radical (unpaired) electrons. The highest BCUT2D eigenvalue weighted by atomic mass is 14.4. The normalized spacial score (nSPS) is 15.0. The molecule has 2 aliphatic rings. The summed E-state index contributed by atoms with van der Waals surface area (Å²) < 4.78 is 0. The standard InChI is InChI=1S/C34H26/c1-18(2)21-12-11-20-15-28-25-16-27-22-7-5-6-8-29(22)34(3,4)30(27)17-26(25)24-14-10-19-9-13-23(21)31(20)32(19)33(24)28/h5-18H,1-4H3. The highest BCUT2D eigenvalue weighted by molar-refractivity contribution is 6.32. The van der Waals surface area contributed by atoms with Gasteiger partial charge in [-0.25, -0.2) is 0 Å². The minimum Gasteiger partial charge on any atom is -0.0619 e. The number of hydrogen-bond acceptors (Lipinski definition) is 0. The van der Waals surface area contributed by atoms with Gasteiger partial charge in [0.1, 0.15) is 0 Å². The first-order chi connectivity index (χ1) is 16.4. The van der Waals surface area contributed by atoms with Crippen LogP contribution >= 0.6 is 0 Å². The summed E-state index contributed by atoms with van der Waals surface area (Å²) in [5.41, 5.74) is 12.8. The van der Waals surface area contributed by atoms with Crippen molar-refractivity contribution in [2.75, 3.05) is 0 Å². The van der Waals surface area contributed by atoms with Gasteiger partial charge in [-0.05, 0) is 107 Å². The highest BCUT2D eigenvalue weighted by Gasteiger charge is 2.37. The molecule has 162 valence electrons. The first kappa shape index (κ1) is 18.7. The van der Waals surface area contributed by atoms with Gasteiger partial charge in [-0.15, -0.1) is 0 Å². The van der Waals surface area contributed by atoms with E-state index in [1.807, 2.05) is 0 Å². The molecule has 0 spiro atoms. The van der Waals surface area contributed by atoms with Gasteiger partial charge in [0.2, 0.25) is 0 Å². The van der Waals surface area contributed by atoms with Crippen LogP contribution in [0.3, 0.4) is 0 Å². The van der Waals surface area contributed by atoms with Crippen molar-refractivity contribution in [2.24, 2.45) is 0 Å². The van der Waals surface area contributed by atoms with Crippen molar-refractivity contribution in [1.82, 2.24) is 0 Å². The quantitative estimate of drug-likeness (QED) is 0.226. The maximum atomic E-state index is 2.51. The molecule has 6 aromatic carbocycles. The summed E-state index contributed by atoms with van der Waals surface area (Å²) in [5, 5.41) is 8.46. The Morgan fingerprint density at radius 3 is 2.15 bits per heavy atom. The molecule has 0 heteroatoms. The molecule has 0 fully saturated rings. The van der Waals surface area contributed by atoms with Gasteiger partial charge < -0.3 is 0 Å². The molecule has 0 heterocycles. The summed E-state index contributed by atoms with van der Waals surface area (Å²) in [6.07, 6.45) is 0. The summed E-state index contributed by atoms with van der Waals surface area (Å²) in [7, 11) is 0. The lowest BCUT2D eigenvalue weighted by atomic mass is 9.81. The molecule has 0 aliphatic heterocycles. The Bertz CT molecular complexity index is 1840. The lowest BCUT2D eigenvalue weighted by Gasteiger charge is -2.22. The van der Waals surface area contributed by atoms with Gasteiger partial charge in [0.05, 0.1) is 0 Å². The van der Waals surface area contributed by atoms with Crippen LogP contribution in [-0.2, 0) is 5.41 Å². The lowest BCUT2D eigenvalue weighted by molar-refractivity contribution is 0.660. The Labute approximate surface area is 200 Å². The van der Waals surface area contributed by atoms with E-state index < -0.39 is 0 Å². The van der Waals surface area contributed by atoms with E-state index in [0.29, 0.717) is 5.92 Å². The van der Waals surface area contributed by atoms with Gasteiger partial charge in [-0.2, -0.15) is 0 Å². The van der Waals surface area contributed by atoms with Crippen molar-refractivity contribution in [2.45, 2.75) is 39.0 Å². The zero-order valence-electron chi connectivity index (χ0n) is 20.1. The fraction of sp³-hybridized carbons (Fsp3) is 0.176. The molecule has 6 aromatic rings. The van der Waals surface area contributed by atoms with Gasteiger partial charge in [0.15, 0.2) is 0 Å². The molecule has 0 nitrogen and oxygen atoms in total. The Hall–Kier alpha value is -3.64. The van der Waals surface area contributed by atoms with E-state index in [2.05, 4.69) is 107 Å². The van der Waals surface area contributed by atoms with Crippen molar-refractivity contribution >= 4 is 32.3 Å². The molecule has 0 bridgehead atoms. The van der Waals surface area contributed by atoms with E-state index in [0.717, 1.165) is 0 Å². The van der Waals surface area contributed by atoms with Gasteiger partial charge in [0, 0.05) is 5.41 Å². The molecule has 8 rings (SSSR count). The van der Waals surface area contributed by atoms with Crippen LogP contribution in [0.5, 0.6) is 0 Å². The summed E-state index contributed by atoms with van der Waals surface area (Å²) in [5.74, 6) is 0.510. The highest BCUT2D eigenvalue weighted by Crippen LogP contribution is 2.57. The number of hydrogen-bond donors (Lipinski definition) is 0. The predicted octanol–water partition coefficient (Wildman–Crippen LogP) is 9.66. The van der Waals surface area contributed by atoms with Gasteiger partial charge in [-0.1, -0.05) is 88.4 Å². The van der Waals surface area contributed by atoms with Gasteiger partial charge in [-0.3, -0.25) is 0 Å². The van der Waals surface area contributed by atoms with E-state index in [1.165, 1.54) is 82.4 Å². The van der Waals surface area contributed by atoms with Gasteiger partial charge in [0.25, 0.3) is 0 Å². The summed E-state index contributed by atoms with van der Waals surface area (Å²) >= 11 is 0. The van der Waals surface area contributed by atoms with E-state index in [4.69, 9.17) is 0 Å². The Morgan fingerprint density at radius 1 is 0.529 bits per heavy atom. The van der Waals surface area contributed by atoms with Crippen LogP contribution in [0.4, 0.5) is 0 Å². The Morgan fingerprint density at radius 2 is 1.29 bits per heavy atom. The molecular weight excluding hydrogens is 408 g/mol. The zero-order valence-corrected chi connectivity index (χ0v) is 20.1. The Balaban J connectivity index is 1.53. The first-order valence-electron chi connectivity index (χ1n) is 12.5. The molecule has 0 N–H and O–H groups in total. The summed E-state index contributed by atoms with van der Waals surface area (Å²) in [6, 6.07) is 30.5. The maximum Gasteiger partial charge on any atom is 0.0159 e. The third-order valence-corrected chi connectivity index (χ3v) is 8.72. The van der Waals surface area contributed by atoms with Crippen LogP contribution in [0, 0.1) is 0 Å². The van der Waals surface area contributed by atoms with Crippen LogP contribution in [0.2, 0.25) is 0 Å². The van der Waals surface area contributed by atoms with Crippen LogP contribution in [-0.4, -0.2) is 0 Å². The zero-order chi connectivity index (χ0) is 22.9. The number of benzene rings is 6. The number of rotatable bonds is 1. The fourth-order valence-corrected chi connectivity index (χ4v) is 7.07. The largest absolute Gasteiger partial charge is 0.0619 e. The van der Waals surface area contributed by atoms with Crippen molar-refractivity contribution < 1.29 is 0 Å². The topological polar surface area (TPSA) is 0 Å². The smallest absolute Gasteiger partial charge is 0.0159 e. The molecule has 2 aliphatic carbocycles. The predicted molar refractivity (Wildman–Crippen MR) is 146 cm³/mol. The second-order valence-electron chi connectivity index (χ2n) is 11.1. The van der Waals surface area contributed by atoms with Crippen molar-refractivity contribution in [3.8, 4) is 33.4 Å². The van der Waals surface area contributed by atoms with Crippen LogP contribution in [0.1, 0.15) is 50.3 Å². The summed E-state index contributed by atoms with van der Waals surface area (Å²) in [6.45, 7) is 9.36. The van der Waals surface area contributed by atoms with E-state index >= 15 is 0 Å². The Kier molecular flexibility index (Phi) is 3.24. The molecule has 34 heavy (non-hydrogen) atoms. The lowest BCUT2D eigenvalue weighted by Crippen LogP contribution is -2.14. The second-order valence-corrected chi connectivity index (χ2v) is 11.1. The minimum atomic E-state index is 0.0208. The molecule has 0 saturated carbocycles. The van der Waals surface area contributed by atoms with E-state index in [9.17, 15) is 0 Å². The van der Waals surface area contributed by atoms with E-state index in [-0.39, 0.29) is 5.41 Å². The van der Waals surface area contributed by atoms with Crippen LogP contribution < -0.4 is 0 Å². The average molecular weight is 435 g/mol. The van der Waals surface area contributed by atoms with Crippen LogP contribution in [0.15, 0.2) is 78.9 Å².